The largest absolute Gasteiger partial charge is 0.465 e. The molecule has 1 amide bonds. The molecule has 136 valence electrons. The summed E-state index contributed by atoms with van der Waals surface area (Å²) < 4.78 is 2.14. The van der Waals surface area contributed by atoms with Crippen molar-refractivity contribution >= 4 is 17.1 Å². The molecule has 1 aromatic carbocycles. The summed E-state index contributed by atoms with van der Waals surface area (Å²) in [6, 6.07) is 7.81. The third-order valence-electron chi connectivity index (χ3n) is 4.29. The van der Waals surface area contributed by atoms with Gasteiger partial charge in [0.25, 0.3) is 0 Å². The number of amides is 1. The summed E-state index contributed by atoms with van der Waals surface area (Å²) >= 11 is 0. The molecule has 2 N–H and O–H groups in total. The number of unbranched alkanes of at least 4 members (excludes halogenated alkanes) is 3. The van der Waals surface area contributed by atoms with Crippen LogP contribution in [0.2, 0.25) is 0 Å². The second-order valence-electron chi connectivity index (χ2n) is 6.26. The number of aromatic nitrogens is 4. The SMILES string of the molecule is Cc1nc(-c2cnc3ccccc3n2)cn1CCCCCCNC(=O)O. The van der Waals surface area contributed by atoms with Gasteiger partial charge in [-0.1, -0.05) is 25.0 Å². The number of imidazole rings is 1. The van der Waals surface area contributed by atoms with E-state index in [2.05, 4.69) is 24.8 Å². The molecule has 0 aliphatic heterocycles. The molecule has 0 saturated heterocycles. The van der Waals surface area contributed by atoms with Crippen LogP contribution in [-0.2, 0) is 6.54 Å². The minimum Gasteiger partial charge on any atom is -0.465 e. The number of carboxylic acid groups (broad SMARTS) is 1. The van der Waals surface area contributed by atoms with Crippen molar-refractivity contribution < 1.29 is 9.90 Å². The van der Waals surface area contributed by atoms with Gasteiger partial charge in [0, 0.05) is 19.3 Å². The fraction of sp³-hybridized carbons (Fsp3) is 0.368. The first kappa shape index (κ1) is 17.8. The molecule has 0 unspecified atom stereocenters. The van der Waals surface area contributed by atoms with Gasteiger partial charge in [0.2, 0.25) is 0 Å². The number of nitrogens with one attached hydrogen (secondary N) is 1. The molecule has 0 saturated carbocycles. The number of hydrogen-bond donors (Lipinski definition) is 2. The first-order valence-corrected chi connectivity index (χ1v) is 8.86. The molecule has 0 spiro atoms. The van der Waals surface area contributed by atoms with E-state index < -0.39 is 6.09 Å². The average molecular weight is 353 g/mol. The van der Waals surface area contributed by atoms with Gasteiger partial charge in [0.05, 0.1) is 17.2 Å². The quantitative estimate of drug-likeness (QED) is 0.603. The third-order valence-corrected chi connectivity index (χ3v) is 4.29. The lowest BCUT2D eigenvalue weighted by molar-refractivity contribution is 0.194. The summed E-state index contributed by atoms with van der Waals surface area (Å²) in [5.74, 6) is 0.961. The normalized spacial score (nSPS) is 11.0. The van der Waals surface area contributed by atoms with E-state index in [0.29, 0.717) is 6.54 Å². The summed E-state index contributed by atoms with van der Waals surface area (Å²) in [5, 5.41) is 10.9. The first-order valence-electron chi connectivity index (χ1n) is 8.86. The Morgan fingerprint density at radius 2 is 1.85 bits per heavy atom. The van der Waals surface area contributed by atoms with E-state index in [4.69, 9.17) is 5.11 Å². The fourth-order valence-electron chi connectivity index (χ4n) is 2.89. The van der Waals surface area contributed by atoms with Gasteiger partial charge in [-0.2, -0.15) is 0 Å². The van der Waals surface area contributed by atoms with Crippen molar-refractivity contribution in [3.05, 3.63) is 42.5 Å². The van der Waals surface area contributed by atoms with E-state index in [-0.39, 0.29) is 0 Å². The number of carbonyl (C=O) groups is 1. The standard InChI is InChI=1S/C19H23N5O2/c1-14-22-18(17-12-21-15-8-4-5-9-16(15)23-17)13-24(14)11-7-3-2-6-10-20-19(25)26/h4-5,8-9,12-13,20H,2-3,6-7,10-11H2,1H3,(H,25,26). The lowest BCUT2D eigenvalue weighted by atomic mass is 10.2. The van der Waals surface area contributed by atoms with Crippen LogP contribution in [0.4, 0.5) is 4.79 Å². The molecule has 0 radical (unpaired) electrons. The smallest absolute Gasteiger partial charge is 0.404 e. The highest BCUT2D eigenvalue weighted by atomic mass is 16.4. The van der Waals surface area contributed by atoms with E-state index in [0.717, 1.165) is 60.5 Å². The highest BCUT2D eigenvalue weighted by molar-refractivity contribution is 5.76. The number of nitrogens with zero attached hydrogens (tertiary/aromatic N) is 4. The van der Waals surface area contributed by atoms with Crippen LogP contribution in [0.15, 0.2) is 36.7 Å². The van der Waals surface area contributed by atoms with E-state index >= 15 is 0 Å². The number of aryl methyl sites for hydroxylation is 2. The van der Waals surface area contributed by atoms with Gasteiger partial charge in [-0.15, -0.1) is 0 Å². The second kappa shape index (κ2) is 8.42. The Morgan fingerprint density at radius 1 is 1.08 bits per heavy atom. The predicted molar refractivity (Wildman–Crippen MR) is 100.0 cm³/mol. The Bertz CT molecular complexity index is 891. The maximum absolute atomic E-state index is 10.4. The topological polar surface area (TPSA) is 92.9 Å². The zero-order chi connectivity index (χ0) is 18.4. The molecule has 0 aliphatic carbocycles. The summed E-state index contributed by atoms with van der Waals surface area (Å²) in [6.45, 7) is 3.41. The Kier molecular flexibility index (Phi) is 5.78. The zero-order valence-electron chi connectivity index (χ0n) is 14.9. The van der Waals surface area contributed by atoms with E-state index in [1.165, 1.54) is 0 Å². The maximum atomic E-state index is 10.4. The molecule has 3 aromatic rings. The Balaban J connectivity index is 1.55. The monoisotopic (exact) mass is 353 g/mol. The van der Waals surface area contributed by atoms with Crippen LogP contribution in [-0.4, -0.2) is 37.3 Å². The highest BCUT2D eigenvalue weighted by Gasteiger charge is 2.09. The van der Waals surface area contributed by atoms with Crippen molar-refractivity contribution in [1.82, 2.24) is 24.8 Å². The summed E-state index contributed by atoms with van der Waals surface area (Å²) in [4.78, 5) is 24.1. The van der Waals surface area contributed by atoms with Gasteiger partial charge >= 0.3 is 6.09 Å². The molecule has 0 bridgehead atoms. The van der Waals surface area contributed by atoms with Crippen LogP contribution < -0.4 is 5.32 Å². The number of rotatable bonds is 8. The summed E-state index contributed by atoms with van der Waals surface area (Å²) in [6.07, 6.45) is 6.81. The molecular weight excluding hydrogens is 330 g/mol. The molecule has 26 heavy (non-hydrogen) atoms. The molecular formula is C19H23N5O2. The minimum atomic E-state index is -0.955. The van der Waals surface area contributed by atoms with Crippen molar-refractivity contribution in [2.75, 3.05) is 6.54 Å². The number of fused-ring (bicyclic) bond motifs is 1. The molecule has 0 aliphatic rings. The summed E-state index contributed by atoms with van der Waals surface area (Å²) in [5.41, 5.74) is 3.37. The molecule has 0 fully saturated rings. The highest BCUT2D eigenvalue weighted by Crippen LogP contribution is 2.19. The fourth-order valence-corrected chi connectivity index (χ4v) is 2.89. The van der Waals surface area contributed by atoms with Crippen LogP contribution in [0.3, 0.4) is 0 Å². The molecule has 2 aromatic heterocycles. The van der Waals surface area contributed by atoms with E-state index in [1.807, 2.05) is 37.4 Å². The number of benzene rings is 1. The Morgan fingerprint density at radius 3 is 2.65 bits per heavy atom. The van der Waals surface area contributed by atoms with Crippen LogP contribution in [0.25, 0.3) is 22.4 Å². The van der Waals surface area contributed by atoms with Crippen molar-refractivity contribution in [2.45, 2.75) is 39.2 Å². The first-order chi connectivity index (χ1) is 12.6. The van der Waals surface area contributed by atoms with Crippen molar-refractivity contribution in [2.24, 2.45) is 0 Å². The molecule has 0 atom stereocenters. The molecule has 3 rings (SSSR count). The Labute approximate surface area is 152 Å². The van der Waals surface area contributed by atoms with E-state index in [1.54, 1.807) is 6.20 Å². The zero-order valence-corrected chi connectivity index (χ0v) is 14.9. The molecule has 7 nitrogen and oxygen atoms in total. The van der Waals surface area contributed by atoms with Crippen LogP contribution >= 0.6 is 0 Å². The number of para-hydroxylation sites is 2. The Hall–Kier alpha value is -2.96. The minimum absolute atomic E-state index is 0.518. The van der Waals surface area contributed by atoms with Gasteiger partial charge in [-0.3, -0.25) is 4.98 Å². The van der Waals surface area contributed by atoms with Gasteiger partial charge in [0.15, 0.2) is 0 Å². The average Bonchev–Trinajstić information content (AvgIpc) is 3.01. The van der Waals surface area contributed by atoms with Gasteiger partial charge in [-0.05, 0) is 31.9 Å². The predicted octanol–water partition coefficient (Wildman–Crippen LogP) is 3.63. The van der Waals surface area contributed by atoms with Crippen LogP contribution in [0.5, 0.6) is 0 Å². The van der Waals surface area contributed by atoms with Crippen molar-refractivity contribution in [1.29, 1.82) is 0 Å². The van der Waals surface area contributed by atoms with Crippen LogP contribution in [0, 0.1) is 6.92 Å². The van der Waals surface area contributed by atoms with Crippen molar-refractivity contribution in [3.63, 3.8) is 0 Å². The third kappa shape index (κ3) is 4.56. The lowest BCUT2D eigenvalue weighted by Gasteiger charge is -2.05. The van der Waals surface area contributed by atoms with Gasteiger partial charge in [-0.25, -0.2) is 14.8 Å². The van der Waals surface area contributed by atoms with Crippen LogP contribution in [0.1, 0.15) is 31.5 Å². The number of hydrogen-bond acceptors (Lipinski definition) is 4. The lowest BCUT2D eigenvalue weighted by Crippen LogP contribution is -2.21. The summed E-state index contributed by atoms with van der Waals surface area (Å²) in [7, 11) is 0. The molecule has 7 heteroatoms. The van der Waals surface area contributed by atoms with Gasteiger partial charge < -0.3 is 15.0 Å². The molecule has 2 heterocycles. The van der Waals surface area contributed by atoms with E-state index in [9.17, 15) is 4.79 Å². The maximum Gasteiger partial charge on any atom is 0.404 e. The van der Waals surface area contributed by atoms with Gasteiger partial charge in [0.1, 0.15) is 17.2 Å². The van der Waals surface area contributed by atoms with Crippen molar-refractivity contribution in [3.8, 4) is 11.4 Å². The second-order valence-corrected chi connectivity index (χ2v) is 6.26.